The molecule has 0 aliphatic heterocycles. The van der Waals surface area contributed by atoms with E-state index in [4.69, 9.17) is 5.11 Å². The fraction of sp³-hybridized carbons (Fsp3) is 0.250. The van der Waals surface area contributed by atoms with Gasteiger partial charge in [0.15, 0.2) is 5.16 Å². The Balaban J connectivity index is 2.19. The van der Waals surface area contributed by atoms with E-state index in [2.05, 4.69) is 21.8 Å². The Labute approximate surface area is 127 Å². The molecular formula is C16H15FN2OS. The second-order valence-corrected chi connectivity index (χ2v) is 5.43. The van der Waals surface area contributed by atoms with Crippen LogP contribution >= 0.6 is 11.8 Å². The minimum absolute atomic E-state index is 0.247. The lowest BCUT2D eigenvalue weighted by atomic mass is 10.1. The summed E-state index contributed by atoms with van der Waals surface area (Å²) >= 11 is 1.48. The highest BCUT2D eigenvalue weighted by molar-refractivity contribution is 7.98. The van der Waals surface area contributed by atoms with Gasteiger partial charge in [0, 0.05) is 22.7 Å². The van der Waals surface area contributed by atoms with Gasteiger partial charge in [-0.05, 0) is 37.6 Å². The quantitative estimate of drug-likeness (QED) is 0.538. The van der Waals surface area contributed by atoms with Crippen LogP contribution in [0, 0.1) is 31.5 Å². The number of hydrogen-bond acceptors (Lipinski definition) is 4. The molecule has 0 aliphatic carbocycles. The summed E-state index contributed by atoms with van der Waals surface area (Å²) in [5.41, 5.74) is 3.32. The highest BCUT2D eigenvalue weighted by Crippen LogP contribution is 2.22. The Hall–Kier alpha value is -1.90. The van der Waals surface area contributed by atoms with E-state index in [9.17, 15) is 4.39 Å². The van der Waals surface area contributed by atoms with Gasteiger partial charge in [-0.3, -0.25) is 0 Å². The average molecular weight is 302 g/mol. The number of aryl methyl sites for hydroxylation is 2. The average Bonchev–Trinajstić information content (AvgIpc) is 2.43. The van der Waals surface area contributed by atoms with Crippen LogP contribution < -0.4 is 0 Å². The van der Waals surface area contributed by atoms with Gasteiger partial charge in [-0.1, -0.05) is 29.7 Å². The van der Waals surface area contributed by atoms with Crippen molar-refractivity contribution < 1.29 is 9.50 Å². The largest absolute Gasteiger partial charge is 0.384 e. The summed E-state index contributed by atoms with van der Waals surface area (Å²) < 4.78 is 13.3. The maximum Gasteiger partial charge on any atom is 0.188 e. The number of aromatic nitrogens is 2. The van der Waals surface area contributed by atoms with Crippen molar-refractivity contribution in [1.82, 2.24) is 9.97 Å². The van der Waals surface area contributed by atoms with Crippen LogP contribution in [0.4, 0.5) is 4.39 Å². The van der Waals surface area contributed by atoms with Gasteiger partial charge >= 0.3 is 0 Å². The predicted molar refractivity (Wildman–Crippen MR) is 81.4 cm³/mol. The lowest BCUT2D eigenvalue weighted by molar-refractivity contribution is 0.350. The van der Waals surface area contributed by atoms with Gasteiger partial charge in [0.1, 0.15) is 12.4 Å². The molecule has 1 aromatic heterocycles. The minimum Gasteiger partial charge on any atom is -0.384 e. The molecule has 0 fully saturated rings. The zero-order chi connectivity index (χ0) is 15.2. The van der Waals surface area contributed by atoms with Gasteiger partial charge in [-0.25, -0.2) is 14.4 Å². The van der Waals surface area contributed by atoms with Gasteiger partial charge in [0.2, 0.25) is 0 Å². The summed E-state index contributed by atoms with van der Waals surface area (Å²) in [6.45, 7) is 3.60. The second-order valence-electron chi connectivity index (χ2n) is 4.48. The van der Waals surface area contributed by atoms with Gasteiger partial charge in [-0.2, -0.15) is 0 Å². The molecule has 0 saturated heterocycles. The third kappa shape index (κ3) is 4.55. The van der Waals surface area contributed by atoms with Gasteiger partial charge in [0.05, 0.1) is 0 Å². The molecule has 1 aromatic carbocycles. The lowest BCUT2D eigenvalue weighted by Crippen LogP contribution is -1.95. The van der Waals surface area contributed by atoms with Crippen molar-refractivity contribution >= 4 is 11.8 Å². The number of benzene rings is 1. The maximum absolute atomic E-state index is 13.3. The van der Waals surface area contributed by atoms with Crippen molar-refractivity contribution in [2.75, 3.05) is 6.61 Å². The fourth-order valence-corrected chi connectivity index (χ4v) is 2.78. The number of halogens is 1. The Kier molecular flexibility index (Phi) is 5.32. The number of aliphatic hydroxyl groups excluding tert-OH is 1. The third-order valence-corrected chi connectivity index (χ3v) is 3.59. The molecule has 3 nitrogen and oxygen atoms in total. The summed E-state index contributed by atoms with van der Waals surface area (Å²) in [7, 11) is 0. The molecule has 0 bridgehead atoms. The first-order chi connectivity index (χ1) is 10.1. The normalized spacial score (nSPS) is 10.1. The molecule has 21 heavy (non-hydrogen) atoms. The van der Waals surface area contributed by atoms with Crippen LogP contribution in [-0.4, -0.2) is 21.7 Å². The molecule has 1 heterocycles. The summed E-state index contributed by atoms with van der Waals surface area (Å²) in [4.78, 5) is 8.72. The highest BCUT2D eigenvalue weighted by Gasteiger charge is 2.06. The van der Waals surface area contributed by atoms with Crippen molar-refractivity contribution in [2.45, 2.75) is 24.8 Å². The predicted octanol–water partition coefficient (Wildman–Crippen LogP) is 2.87. The van der Waals surface area contributed by atoms with Crippen LogP contribution in [0.15, 0.2) is 29.4 Å². The van der Waals surface area contributed by atoms with Crippen molar-refractivity contribution in [1.29, 1.82) is 0 Å². The number of thioether (sulfide) groups is 1. The molecule has 0 unspecified atom stereocenters. The van der Waals surface area contributed by atoms with Crippen molar-refractivity contribution in [2.24, 2.45) is 0 Å². The topological polar surface area (TPSA) is 46.0 Å². The first-order valence-electron chi connectivity index (χ1n) is 6.41. The van der Waals surface area contributed by atoms with Crippen molar-refractivity contribution in [3.05, 3.63) is 52.6 Å². The summed E-state index contributed by atoms with van der Waals surface area (Å²) in [5, 5.41) is 9.46. The first-order valence-corrected chi connectivity index (χ1v) is 7.40. The number of rotatable bonds is 3. The molecule has 5 heteroatoms. The molecule has 1 N–H and O–H groups in total. The van der Waals surface area contributed by atoms with Gasteiger partial charge in [0.25, 0.3) is 0 Å². The molecule has 2 aromatic rings. The Morgan fingerprint density at radius 2 is 1.90 bits per heavy atom. The molecule has 0 aliphatic rings. The number of aliphatic hydroxyl groups is 1. The smallest absolute Gasteiger partial charge is 0.188 e. The lowest BCUT2D eigenvalue weighted by Gasteiger charge is -2.05. The zero-order valence-corrected chi connectivity index (χ0v) is 12.7. The van der Waals surface area contributed by atoms with E-state index < -0.39 is 0 Å². The molecule has 0 amide bonds. The standard InChI is InChI=1S/C16H15FN2OS/c1-11-8-12(2)19-16(18-11)21-10-14-5-6-15(17)9-13(14)4-3-7-20/h5-6,8-9,20H,7,10H2,1-2H3. The summed E-state index contributed by atoms with van der Waals surface area (Å²) in [5.74, 6) is 5.57. The minimum atomic E-state index is -0.339. The molecule has 108 valence electrons. The zero-order valence-electron chi connectivity index (χ0n) is 11.9. The second kappa shape index (κ2) is 7.21. The van der Waals surface area contributed by atoms with E-state index in [-0.39, 0.29) is 12.4 Å². The van der Waals surface area contributed by atoms with E-state index in [1.54, 1.807) is 6.07 Å². The monoisotopic (exact) mass is 302 g/mol. The summed E-state index contributed by atoms with van der Waals surface area (Å²) in [6.07, 6.45) is 0. The van der Waals surface area contributed by atoms with E-state index in [1.165, 1.54) is 23.9 Å². The molecule has 0 atom stereocenters. The van der Waals surface area contributed by atoms with Crippen molar-refractivity contribution in [3.8, 4) is 11.8 Å². The van der Waals surface area contributed by atoms with E-state index in [0.29, 0.717) is 16.5 Å². The number of nitrogens with zero attached hydrogens (tertiary/aromatic N) is 2. The van der Waals surface area contributed by atoms with Crippen LogP contribution in [0.2, 0.25) is 0 Å². The SMILES string of the molecule is Cc1cc(C)nc(SCc2ccc(F)cc2C#CCO)n1. The van der Waals surface area contributed by atoms with Crippen LogP contribution in [0.5, 0.6) is 0 Å². The van der Waals surface area contributed by atoms with E-state index >= 15 is 0 Å². The fourth-order valence-electron chi connectivity index (χ4n) is 1.83. The molecule has 2 rings (SSSR count). The summed E-state index contributed by atoms with van der Waals surface area (Å²) in [6, 6.07) is 6.40. The van der Waals surface area contributed by atoms with E-state index in [1.807, 2.05) is 19.9 Å². The Morgan fingerprint density at radius 3 is 2.57 bits per heavy atom. The molecule has 0 radical (unpaired) electrons. The molecular weight excluding hydrogens is 287 g/mol. The first kappa shape index (κ1) is 15.5. The Bertz CT molecular complexity index is 687. The van der Waals surface area contributed by atoms with Gasteiger partial charge in [-0.15, -0.1) is 0 Å². The van der Waals surface area contributed by atoms with Crippen LogP contribution in [0.25, 0.3) is 0 Å². The van der Waals surface area contributed by atoms with Gasteiger partial charge < -0.3 is 5.11 Å². The highest BCUT2D eigenvalue weighted by atomic mass is 32.2. The molecule has 0 spiro atoms. The van der Waals surface area contributed by atoms with E-state index in [0.717, 1.165) is 17.0 Å². The maximum atomic E-state index is 13.3. The third-order valence-electron chi connectivity index (χ3n) is 2.69. The van der Waals surface area contributed by atoms with Crippen LogP contribution in [0.1, 0.15) is 22.5 Å². The van der Waals surface area contributed by atoms with Crippen molar-refractivity contribution in [3.63, 3.8) is 0 Å². The van der Waals surface area contributed by atoms with Crippen LogP contribution in [-0.2, 0) is 5.75 Å². The number of hydrogen-bond donors (Lipinski definition) is 1. The van der Waals surface area contributed by atoms with Crippen LogP contribution in [0.3, 0.4) is 0 Å². The Morgan fingerprint density at radius 1 is 1.19 bits per heavy atom. The molecule has 0 saturated carbocycles.